The highest BCUT2D eigenvalue weighted by molar-refractivity contribution is 7.85. The lowest BCUT2D eigenvalue weighted by atomic mass is 9.94. The van der Waals surface area contributed by atoms with Gasteiger partial charge in [0.15, 0.2) is 5.71 Å². The zero-order valence-corrected chi connectivity index (χ0v) is 18.2. The van der Waals surface area contributed by atoms with Gasteiger partial charge in [-0.2, -0.15) is 8.42 Å². The molecule has 6 heteroatoms. The predicted octanol–water partition coefficient (Wildman–Crippen LogP) is 5.28. The van der Waals surface area contributed by atoms with Gasteiger partial charge >= 0.3 is 10.1 Å². The second-order valence-corrected chi connectivity index (χ2v) is 8.93. The number of nitrogens with zero attached hydrogens (tertiary/aromatic N) is 1. The van der Waals surface area contributed by atoms with E-state index in [1.54, 1.807) is 66.7 Å². The Hall–Kier alpha value is -3.77. The largest absolute Gasteiger partial charge is 0.332 e. The van der Waals surface area contributed by atoms with Crippen LogP contribution in [0.5, 0.6) is 0 Å². The van der Waals surface area contributed by atoms with Crippen LogP contribution in [0.25, 0.3) is 10.8 Å². The first-order valence-corrected chi connectivity index (χ1v) is 11.6. The number of Topliss-reactive ketones (excluding diaryl/α,β-unsaturated/α-hetero) is 1. The summed E-state index contributed by atoms with van der Waals surface area (Å²) >= 11 is 0. The SMILES string of the molecule is Cc1ccc(C(=O)/C(=N/OS(=O)(=O)Cc2ccccc2)c2ccccc2)c2ccccc12. The zero-order valence-electron chi connectivity index (χ0n) is 17.4. The Morgan fingerprint density at radius 1 is 0.781 bits per heavy atom. The molecular weight excluding hydrogens is 422 g/mol. The zero-order chi connectivity index (χ0) is 22.6. The molecular formula is C26H21NO4S. The first-order chi connectivity index (χ1) is 15.4. The molecule has 0 aliphatic carbocycles. The number of carbonyl (C=O) groups excluding carboxylic acids is 1. The smallest absolute Gasteiger partial charge is 0.287 e. The average molecular weight is 444 g/mol. The summed E-state index contributed by atoms with van der Waals surface area (Å²) in [7, 11) is -4.04. The van der Waals surface area contributed by atoms with Crippen molar-refractivity contribution in [2.45, 2.75) is 12.7 Å². The van der Waals surface area contributed by atoms with Gasteiger partial charge in [-0.1, -0.05) is 102 Å². The van der Waals surface area contributed by atoms with E-state index >= 15 is 0 Å². The number of aryl methyl sites for hydroxylation is 1. The highest BCUT2D eigenvalue weighted by atomic mass is 32.2. The lowest BCUT2D eigenvalue weighted by Gasteiger charge is -2.10. The average Bonchev–Trinajstić information content (AvgIpc) is 2.80. The van der Waals surface area contributed by atoms with E-state index in [1.807, 2.05) is 37.3 Å². The summed E-state index contributed by atoms with van der Waals surface area (Å²) in [5, 5.41) is 5.57. The van der Waals surface area contributed by atoms with Gasteiger partial charge in [0.25, 0.3) is 0 Å². The van der Waals surface area contributed by atoms with Gasteiger partial charge in [0, 0.05) is 11.1 Å². The van der Waals surface area contributed by atoms with Crippen LogP contribution >= 0.6 is 0 Å². The van der Waals surface area contributed by atoms with Crippen LogP contribution in [0.1, 0.15) is 27.0 Å². The Labute approximate surface area is 187 Å². The third-order valence-corrected chi connectivity index (χ3v) is 6.07. The number of fused-ring (bicyclic) bond motifs is 1. The van der Waals surface area contributed by atoms with Gasteiger partial charge in [-0.25, -0.2) is 0 Å². The minimum Gasteiger partial charge on any atom is -0.287 e. The van der Waals surface area contributed by atoms with Crippen LogP contribution in [0.15, 0.2) is 102 Å². The van der Waals surface area contributed by atoms with Crippen LogP contribution in [0, 0.1) is 6.92 Å². The number of hydrogen-bond donors (Lipinski definition) is 0. The Morgan fingerprint density at radius 2 is 1.38 bits per heavy atom. The van der Waals surface area contributed by atoms with Crippen LogP contribution in [0.3, 0.4) is 0 Å². The lowest BCUT2D eigenvalue weighted by molar-refractivity contribution is 0.106. The Morgan fingerprint density at radius 3 is 2.06 bits per heavy atom. The molecule has 0 aromatic heterocycles. The number of oxime groups is 1. The lowest BCUT2D eigenvalue weighted by Crippen LogP contribution is -2.18. The van der Waals surface area contributed by atoms with Gasteiger partial charge in [0.2, 0.25) is 5.78 Å². The van der Waals surface area contributed by atoms with Gasteiger partial charge in [-0.05, 0) is 28.8 Å². The maximum atomic E-state index is 13.5. The topological polar surface area (TPSA) is 72.8 Å². The fourth-order valence-electron chi connectivity index (χ4n) is 3.50. The van der Waals surface area contributed by atoms with Crippen molar-refractivity contribution >= 4 is 32.4 Å². The molecule has 0 aliphatic rings. The van der Waals surface area contributed by atoms with E-state index in [0.29, 0.717) is 16.7 Å². The van der Waals surface area contributed by atoms with E-state index in [2.05, 4.69) is 5.16 Å². The molecule has 4 aromatic carbocycles. The molecule has 0 aliphatic heterocycles. The first kappa shape index (κ1) is 21.5. The molecule has 0 saturated heterocycles. The predicted molar refractivity (Wildman–Crippen MR) is 126 cm³/mol. The molecule has 0 spiro atoms. The molecule has 0 atom stereocenters. The third-order valence-electron chi connectivity index (χ3n) is 5.08. The summed E-state index contributed by atoms with van der Waals surface area (Å²) in [5.74, 6) is -0.761. The molecule has 4 rings (SSSR count). The van der Waals surface area contributed by atoms with Crippen LogP contribution in [-0.2, 0) is 20.2 Å². The van der Waals surface area contributed by atoms with Crippen molar-refractivity contribution in [2.24, 2.45) is 5.16 Å². The van der Waals surface area contributed by atoms with E-state index in [1.165, 1.54) is 0 Å². The second kappa shape index (κ2) is 9.16. The summed E-state index contributed by atoms with van der Waals surface area (Å²) < 4.78 is 30.0. The van der Waals surface area contributed by atoms with E-state index < -0.39 is 15.9 Å². The molecule has 0 amide bonds. The van der Waals surface area contributed by atoms with Gasteiger partial charge in [-0.3, -0.25) is 9.08 Å². The summed E-state index contributed by atoms with van der Waals surface area (Å²) in [5.41, 5.74) is 2.43. The van der Waals surface area contributed by atoms with Crippen LogP contribution in [-0.4, -0.2) is 19.9 Å². The summed E-state index contributed by atoms with van der Waals surface area (Å²) in [6.07, 6.45) is 0. The summed E-state index contributed by atoms with van der Waals surface area (Å²) in [4.78, 5) is 13.5. The molecule has 5 nitrogen and oxygen atoms in total. The normalized spacial score (nSPS) is 12.0. The van der Waals surface area contributed by atoms with Gasteiger partial charge in [0.1, 0.15) is 5.75 Å². The maximum Gasteiger partial charge on any atom is 0.332 e. The van der Waals surface area contributed by atoms with E-state index in [0.717, 1.165) is 16.3 Å². The number of carbonyl (C=O) groups is 1. The van der Waals surface area contributed by atoms with Gasteiger partial charge < -0.3 is 0 Å². The molecule has 0 fully saturated rings. The van der Waals surface area contributed by atoms with E-state index in [9.17, 15) is 13.2 Å². The van der Waals surface area contributed by atoms with Crippen LogP contribution in [0.4, 0.5) is 0 Å². The number of ketones is 1. The van der Waals surface area contributed by atoms with Gasteiger partial charge in [0.05, 0.1) is 0 Å². The number of rotatable bonds is 7. The standard InChI is InChI=1S/C26H21NO4S/c1-19-16-17-24(23-15-9-8-14-22(19)23)26(28)25(21-12-6-3-7-13-21)27-31-32(29,30)18-20-10-4-2-5-11-20/h2-17H,18H2,1H3/b27-25+. The second-order valence-electron chi connectivity index (χ2n) is 7.37. The molecule has 0 bridgehead atoms. The highest BCUT2D eigenvalue weighted by Gasteiger charge is 2.22. The Balaban J connectivity index is 1.74. The fourth-order valence-corrected chi connectivity index (χ4v) is 4.34. The maximum absolute atomic E-state index is 13.5. The van der Waals surface area contributed by atoms with Crippen LogP contribution < -0.4 is 0 Å². The number of hydrogen-bond acceptors (Lipinski definition) is 5. The highest BCUT2D eigenvalue weighted by Crippen LogP contribution is 2.24. The van der Waals surface area contributed by atoms with Crippen LogP contribution in [0.2, 0.25) is 0 Å². The fraction of sp³-hybridized carbons (Fsp3) is 0.0769. The minimum absolute atomic E-state index is 0.0729. The molecule has 0 heterocycles. The Kier molecular flexibility index (Phi) is 6.14. The first-order valence-electron chi connectivity index (χ1n) is 10.1. The monoisotopic (exact) mass is 443 g/mol. The van der Waals surface area contributed by atoms with Crippen molar-refractivity contribution in [1.82, 2.24) is 0 Å². The summed E-state index contributed by atoms with van der Waals surface area (Å²) in [6.45, 7) is 1.97. The van der Waals surface area contributed by atoms with Gasteiger partial charge in [-0.15, -0.1) is 0 Å². The van der Waals surface area contributed by atoms with Crippen molar-refractivity contribution in [1.29, 1.82) is 0 Å². The number of benzene rings is 4. The molecule has 0 saturated carbocycles. The molecule has 160 valence electrons. The van der Waals surface area contributed by atoms with Crippen molar-refractivity contribution in [3.8, 4) is 0 Å². The molecule has 0 unspecified atom stereocenters. The molecule has 0 N–H and O–H groups in total. The van der Waals surface area contributed by atoms with E-state index in [-0.39, 0.29) is 11.5 Å². The van der Waals surface area contributed by atoms with E-state index in [4.69, 9.17) is 4.28 Å². The van der Waals surface area contributed by atoms with Crippen molar-refractivity contribution < 1.29 is 17.5 Å². The van der Waals surface area contributed by atoms with Crippen molar-refractivity contribution in [2.75, 3.05) is 0 Å². The third kappa shape index (κ3) is 4.76. The summed E-state index contributed by atoms with van der Waals surface area (Å²) in [6, 6.07) is 28.5. The molecule has 4 aromatic rings. The Bertz CT molecular complexity index is 1400. The molecule has 0 radical (unpaired) electrons. The van der Waals surface area contributed by atoms with Crippen molar-refractivity contribution in [3.05, 3.63) is 119 Å². The molecule has 32 heavy (non-hydrogen) atoms. The quantitative estimate of drug-likeness (QED) is 0.221. The minimum atomic E-state index is -4.04. The van der Waals surface area contributed by atoms with Crippen molar-refractivity contribution in [3.63, 3.8) is 0 Å².